The molecule has 1 saturated carbocycles. The van der Waals surface area contributed by atoms with E-state index in [0.29, 0.717) is 6.61 Å². The van der Waals surface area contributed by atoms with Crippen molar-refractivity contribution in [1.29, 1.82) is 0 Å². The molecule has 0 aromatic heterocycles. The zero-order valence-electron chi connectivity index (χ0n) is 8.16. The summed E-state index contributed by atoms with van der Waals surface area (Å²) in [5.41, 5.74) is 11.8. The van der Waals surface area contributed by atoms with E-state index in [9.17, 15) is 0 Å². The van der Waals surface area contributed by atoms with Crippen LogP contribution in [-0.2, 0) is 4.74 Å². The van der Waals surface area contributed by atoms with Crippen molar-refractivity contribution < 1.29 is 4.74 Å². The zero-order valence-corrected chi connectivity index (χ0v) is 8.16. The minimum atomic E-state index is -0.182. The third-order valence-electron chi connectivity index (χ3n) is 2.29. The maximum atomic E-state index is 5.77. The number of nitrogens with two attached hydrogens (primary N) is 2. The molecule has 0 heterocycles. The largest absolute Gasteiger partial charge is 0.404 e. The molecule has 0 radical (unpaired) electrons. The lowest BCUT2D eigenvalue weighted by Crippen LogP contribution is -2.23. The molecule has 0 aromatic rings. The van der Waals surface area contributed by atoms with Crippen molar-refractivity contribution in [1.82, 2.24) is 0 Å². The molecule has 4 heteroatoms. The van der Waals surface area contributed by atoms with Gasteiger partial charge in [-0.3, -0.25) is 4.99 Å². The summed E-state index contributed by atoms with van der Waals surface area (Å²) in [7, 11) is 1.66. The SMILES string of the molecule is COCC1(N=CC(C)=CN)CC1N. The van der Waals surface area contributed by atoms with E-state index in [-0.39, 0.29) is 11.6 Å². The number of ether oxygens (including phenoxy) is 1. The van der Waals surface area contributed by atoms with Gasteiger partial charge in [-0.2, -0.15) is 0 Å². The third kappa shape index (κ3) is 2.29. The second kappa shape index (κ2) is 3.89. The summed E-state index contributed by atoms with van der Waals surface area (Å²) in [6.45, 7) is 2.49. The molecule has 2 atom stereocenters. The van der Waals surface area contributed by atoms with E-state index in [1.807, 2.05) is 6.92 Å². The Morgan fingerprint density at radius 2 is 2.38 bits per heavy atom. The van der Waals surface area contributed by atoms with E-state index in [4.69, 9.17) is 16.2 Å². The van der Waals surface area contributed by atoms with Crippen LogP contribution in [0.1, 0.15) is 13.3 Å². The van der Waals surface area contributed by atoms with Crippen LogP contribution in [0.25, 0.3) is 0 Å². The van der Waals surface area contributed by atoms with Gasteiger partial charge in [-0.1, -0.05) is 0 Å². The number of hydrogen-bond donors (Lipinski definition) is 2. The van der Waals surface area contributed by atoms with Crippen molar-refractivity contribution in [3.63, 3.8) is 0 Å². The lowest BCUT2D eigenvalue weighted by atomic mass is 10.3. The molecule has 13 heavy (non-hydrogen) atoms. The van der Waals surface area contributed by atoms with E-state index < -0.39 is 0 Å². The van der Waals surface area contributed by atoms with Crippen molar-refractivity contribution in [2.45, 2.75) is 24.9 Å². The zero-order chi connectivity index (χ0) is 9.90. The fraction of sp³-hybridized carbons (Fsp3) is 0.667. The Hall–Kier alpha value is -0.870. The summed E-state index contributed by atoms with van der Waals surface area (Å²) >= 11 is 0. The summed E-state index contributed by atoms with van der Waals surface area (Å²) in [6.07, 6.45) is 4.18. The lowest BCUT2D eigenvalue weighted by Gasteiger charge is -2.08. The molecule has 2 unspecified atom stereocenters. The van der Waals surface area contributed by atoms with Gasteiger partial charge < -0.3 is 16.2 Å². The second-order valence-corrected chi connectivity index (χ2v) is 3.52. The molecule has 0 spiro atoms. The van der Waals surface area contributed by atoms with Gasteiger partial charge in [0.25, 0.3) is 0 Å². The molecule has 74 valence electrons. The van der Waals surface area contributed by atoms with Crippen molar-refractivity contribution in [2.24, 2.45) is 16.5 Å². The third-order valence-corrected chi connectivity index (χ3v) is 2.29. The molecule has 0 amide bonds. The molecule has 0 bridgehead atoms. The van der Waals surface area contributed by atoms with Crippen LogP contribution < -0.4 is 11.5 Å². The van der Waals surface area contributed by atoms with Gasteiger partial charge in [-0.05, 0) is 25.1 Å². The topological polar surface area (TPSA) is 73.6 Å². The van der Waals surface area contributed by atoms with Gasteiger partial charge in [0.1, 0.15) is 5.54 Å². The van der Waals surface area contributed by atoms with Crippen molar-refractivity contribution in [3.8, 4) is 0 Å². The lowest BCUT2D eigenvalue weighted by molar-refractivity contribution is 0.172. The quantitative estimate of drug-likeness (QED) is 0.604. The van der Waals surface area contributed by atoms with Crippen LogP contribution in [0.2, 0.25) is 0 Å². The van der Waals surface area contributed by atoms with Gasteiger partial charge in [0.2, 0.25) is 0 Å². The standard InChI is InChI=1S/C9H17N3O/c1-7(4-10)5-12-9(6-13-2)3-8(9)11/h4-5,8H,3,6,10-11H2,1-2H3. The molecule has 0 aliphatic heterocycles. The van der Waals surface area contributed by atoms with Crippen LogP contribution in [0, 0.1) is 0 Å². The summed E-state index contributed by atoms with van der Waals surface area (Å²) in [4.78, 5) is 4.39. The van der Waals surface area contributed by atoms with Crippen molar-refractivity contribution in [2.75, 3.05) is 13.7 Å². The van der Waals surface area contributed by atoms with Crippen LogP contribution in [0.3, 0.4) is 0 Å². The molecule has 0 saturated heterocycles. The Morgan fingerprint density at radius 1 is 1.77 bits per heavy atom. The predicted octanol–water partition coefficient (Wildman–Crippen LogP) is 0.0359. The van der Waals surface area contributed by atoms with Crippen molar-refractivity contribution in [3.05, 3.63) is 11.8 Å². The van der Waals surface area contributed by atoms with Gasteiger partial charge in [-0.25, -0.2) is 0 Å². The number of hydrogen-bond acceptors (Lipinski definition) is 4. The molecule has 1 aliphatic carbocycles. The fourth-order valence-corrected chi connectivity index (χ4v) is 1.20. The summed E-state index contributed by atoms with van der Waals surface area (Å²) in [6, 6.07) is 0.134. The van der Waals surface area contributed by atoms with Crippen molar-refractivity contribution >= 4 is 6.21 Å². The molecule has 1 aliphatic rings. The molecule has 4 nitrogen and oxygen atoms in total. The monoisotopic (exact) mass is 183 g/mol. The van der Waals surface area contributed by atoms with Crippen LogP contribution in [0.4, 0.5) is 0 Å². The van der Waals surface area contributed by atoms with Crippen LogP contribution in [-0.4, -0.2) is 31.5 Å². The first-order chi connectivity index (χ1) is 6.14. The highest BCUT2D eigenvalue weighted by molar-refractivity contribution is 5.78. The highest BCUT2D eigenvalue weighted by Crippen LogP contribution is 2.38. The summed E-state index contributed by atoms with van der Waals surface area (Å²) < 4.78 is 5.06. The molecule has 4 N–H and O–H groups in total. The number of allylic oxidation sites excluding steroid dienone is 1. The highest BCUT2D eigenvalue weighted by atomic mass is 16.5. The Morgan fingerprint density at radius 3 is 2.77 bits per heavy atom. The number of rotatable bonds is 4. The van der Waals surface area contributed by atoms with E-state index in [0.717, 1.165) is 12.0 Å². The van der Waals surface area contributed by atoms with E-state index in [1.165, 1.54) is 6.20 Å². The smallest absolute Gasteiger partial charge is 0.101 e. The first-order valence-corrected chi connectivity index (χ1v) is 4.33. The highest BCUT2D eigenvalue weighted by Gasteiger charge is 2.52. The number of methoxy groups -OCH3 is 1. The first-order valence-electron chi connectivity index (χ1n) is 4.33. The Kier molecular flexibility index (Phi) is 3.06. The minimum absolute atomic E-state index is 0.134. The molecular formula is C9H17N3O. The summed E-state index contributed by atoms with van der Waals surface area (Å²) in [5, 5.41) is 0. The Labute approximate surface area is 78.7 Å². The fourth-order valence-electron chi connectivity index (χ4n) is 1.20. The van der Waals surface area contributed by atoms with Gasteiger partial charge in [0, 0.05) is 19.4 Å². The van der Waals surface area contributed by atoms with Crippen LogP contribution in [0.15, 0.2) is 16.8 Å². The van der Waals surface area contributed by atoms with Gasteiger partial charge >= 0.3 is 0 Å². The van der Waals surface area contributed by atoms with Gasteiger partial charge in [-0.15, -0.1) is 0 Å². The van der Waals surface area contributed by atoms with E-state index in [1.54, 1.807) is 13.3 Å². The molecule has 1 fully saturated rings. The molecule has 0 aromatic carbocycles. The number of aliphatic imine (C=N–C) groups is 1. The Balaban J connectivity index is 2.55. The molecule has 1 rings (SSSR count). The van der Waals surface area contributed by atoms with Gasteiger partial charge in [0.15, 0.2) is 0 Å². The Bertz CT molecular complexity index is 237. The number of nitrogens with zero attached hydrogens (tertiary/aromatic N) is 1. The average molecular weight is 183 g/mol. The summed E-state index contributed by atoms with van der Waals surface area (Å²) in [5.74, 6) is 0. The molecular weight excluding hydrogens is 166 g/mol. The minimum Gasteiger partial charge on any atom is -0.404 e. The van der Waals surface area contributed by atoms with Crippen LogP contribution in [0.5, 0.6) is 0 Å². The first kappa shape index (κ1) is 10.2. The predicted molar refractivity (Wildman–Crippen MR) is 53.6 cm³/mol. The second-order valence-electron chi connectivity index (χ2n) is 3.52. The van der Waals surface area contributed by atoms with Crippen LogP contribution >= 0.6 is 0 Å². The van der Waals surface area contributed by atoms with Gasteiger partial charge in [0.05, 0.1) is 6.61 Å². The maximum absolute atomic E-state index is 5.77. The average Bonchev–Trinajstić information content (AvgIpc) is 2.74. The van der Waals surface area contributed by atoms with E-state index >= 15 is 0 Å². The normalized spacial score (nSPS) is 34.1. The van der Waals surface area contributed by atoms with E-state index in [2.05, 4.69) is 4.99 Å². The maximum Gasteiger partial charge on any atom is 0.101 e.